The first-order valence-electron chi connectivity index (χ1n) is 8.43. The Labute approximate surface area is 149 Å². The highest BCUT2D eigenvalue weighted by atomic mass is 16.5. The molecule has 0 unspecified atom stereocenters. The zero-order valence-electron chi connectivity index (χ0n) is 15.8. The third-order valence-electron chi connectivity index (χ3n) is 4.55. The number of carbonyl (C=O) groups excluding carboxylic acids is 1. The molecule has 1 N–H and O–H groups in total. The number of nitrogens with one attached hydrogen (secondary N) is 1. The number of urea groups is 1. The van der Waals surface area contributed by atoms with E-state index >= 15 is 0 Å². The number of rotatable bonds is 6. The number of carbonyl (C=O) groups is 1. The maximum absolute atomic E-state index is 12.6. The van der Waals surface area contributed by atoms with Gasteiger partial charge in [0.15, 0.2) is 0 Å². The van der Waals surface area contributed by atoms with Crippen LogP contribution in [0.5, 0.6) is 5.75 Å². The maximum Gasteiger partial charge on any atom is 0.317 e. The summed E-state index contributed by atoms with van der Waals surface area (Å²) in [6.45, 7) is 7.68. The third kappa shape index (κ3) is 4.32. The molecule has 0 bridgehead atoms. The third-order valence-corrected chi connectivity index (χ3v) is 4.55. The van der Waals surface area contributed by atoms with Crippen molar-refractivity contribution >= 4 is 6.03 Å². The Morgan fingerprint density at radius 1 is 1.32 bits per heavy atom. The highest BCUT2D eigenvalue weighted by Gasteiger charge is 2.22. The molecule has 1 aromatic heterocycles. The highest BCUT2D eigenvalue weighted by molar-refractivity contribution is 5.74. The fourth-order valence-corrected chi connectivity index (χ4v) is 2.99. The van der Waals surface area contributed by atoms with E-state index in [1.54, 1.807) is 19.1 Å². The first-order chi connectivity index (χ1) is 11.8. The summed E-state index contributed by atoms with van der Waals surface area (Å²) in [5, 5.41) is 6.96. The van der Waals surface area contributed by atoms with E-state index in [9.17, 15) is 4.79 Å². The summed E-state index contributed by atoms with van der Waals surface area (Å²) in [6.07, 6.45) is 0.716. The van der Waals surface area contributed by atoms with Crippen LogP contribution in [0.4, 0.5) is 4.79 Å². The Balaban J connectivity index is 2.01. The second kappa shape index (κ2) is 8.05. The SMILES string of the molecule is COc1ccccc1C[C@H](C)N(C)C(=O)N[C@H](C)c1c(C)noc1C. The van der Waals surface area contributed by atoms with Crippen molar-refractivity contribution in [2.45, 2.75) is 46.2 Å². The lowest BCUT2D eigenvalue weighted by Crippen LogP contribution is -2.44. The van der Waals surface area contributed by atoms with Gasteiger partial charge in [-0.2, -0.15) is 0 Å². The van der Waals surface area contributed by atoms with Crippen molar-refractivity contribution in [3.63, 3.8) is 0 Å². The summed E-state index contributed by atoms with van der Waals surface area (Å²) in [7, 11) is 3.46. The lowest BCUT2D eigenvalue weighted by molar-refractivity contribution is 0.190. The molecule has 136 valence electrons. The molecule has 1 aromatic carbocycles. The van der Waals surface area contributed by atoms with Crippen molar-refractivity contribution in [1.29, 1.82) is 0 Å². The summed E-state index contributed by atoms with van der Waals surface area (Å²) in [5.41, 5.74) is 2.81. The molecule has 2 aromatic rings. The number of hydrogen-bond acceptors (Lipinski definition) is 4. The highest BCUT2D eigenvalue weighted by Crippen LogP contribution is 2.22. The fraction of sp³-hybridized carbons (Fsp3) is 0.474. The van der Waals surface area contributed by atoms with Gasteiger partial charge in [0.2, 0.25) is 0 Å². The van der Waals surface area contributed by atoms with Crippen molar-refractivity contribution in [1.82, 2.24) is 15.4 Å². The summed E-state index contributed by atoms with van der Waals surface area (Å²) in [6, 6.07) is 7.59. The molecule has 0 aliphatic heterocycles. The van der Waals surface area contributed by atoms with Crippen LogP contribution in [-0.4, -0.2) is 36.3 Å². The second-order valence-corrected chi connectivity index (χ2v) is 6.38. The maximum atomic E-state index is 12.6. The summed E-state index contributed by atoms with van der Waals surface area (Å²) < 4.78 is 10.6. The Bertz CT molecular complexity index is 707. The molecular formula is C19H27N3O3. The van der Waals surface area contributed by atoms with Gasteiger partial charge in [0.25, 0.3) is 0 Å². The Morgan fingerprint density at radius 3 is 2.60 bits per heavy atom. The number of nitrogens with zero attached hydrogens (tertiary/aromatic N) is 2. The van der Waals surface area contributed by atoms with Crippen molar-refractivity contribution < 1.29 is 14.1 Å². The summed E-state index contributed by atoms with van der Waals surface area (Å²) in [4.78, 5) is 14.3. The van der Waals surface area contributed by atoms with Gasteiger partial charge in [0.05, 0.1) is 18.8 Å². The minimum atomic E-state index is -0.167. The molecule has 0 aliphatic carbocycles. The van der Waals surface area contributed by atoms with E-state index < -0.39 is 0 Å². The van der Waals surface area contributed by atoms with Crippen LogP contribution >= 0.6 is 0 Å². The lowest BCUT2D eigenvalue weighted by Gasteiger charge is -2.27. The van der Waals surface area contributed by atoms with E-state index in [4.69, 9.17) is 9.26 Å². The second-order valence-electron chi connectivity index (χ2n) is 6.38. The monoisotopic (exact) mass is 345 g/mol. The zero-order chi connectivity index (χ0) is 18.6. The van der Waals surface area contributed by atoms with Gasteiger partial charge in [-0.15, -0.1) is 0 Å². The van der Waals surface area contributed by atoms with Crippen LogP contribution in [0.25, 0.3) is 0 Å². The minimum absolute atomic E-state index is 0.0215. The number of benzene rings is 1. The average Bonchev–Trinajstić information content (AvgIpc) is 2.93. The molecule has 0 aliphatic rings. The number of ether oxygens (including phenoxy) is 1. The molecule has 0 radical (unpaired) electrons. The molecule has 25 heavy (non-hydrogen) atoms. The predicted octanol–water partition coefficient (Wildman–Crippen LogP) is 3.63. The van der Waals surface area contributed by atoms with E-state index in [0.717, 1.165) is 28.3 Å². The first kappa shape index (κ1) is 18.8. The molecule has 6 nitrogen and oxygen atoms in total. The van der Waals surface area contributed by atoms with E-state index in [-0.39, 0.29) is 18.1 Å². The smallest absolute Gasteiger partial charge is 0.317 e. The van der Waals surface area contributed by atoms with Gasteiger partial charge in [-0.25, -0.2) is 4.79 Å². The van der Waals surface area contributed by atoms with Crippen molar-refractivity contribution in [2.24, 2.45) is 0 Å². The van der Waals surface area contributed by atoms with Crippen molar-refractivity contribution in [3.05, 3.63) is 46.8 Å². The van der Waals surface area contributed by atoms with Crippen LogP contribution < -0.4 is 10.1 Å². The zero-order valence-corrected chi connectivity index (χ0v) is 15.8. The molecule has 0 spiro atoms. The average molecular weight is 345 g/mol. The number of aryl methyl sites for hydroxylation is 2. The standard InChI is InChI=1S/C19H27N3O3/c1-12(11-16-9-7-8-10-17(16)24-6)22(5)19(23)20-13(2)18-14(3)21-25-15(18)4/h7-10,12-13H,11H2,1-6H3,(H,20,23)/t12-,13+/m0/s1. The topological polar surface area (TPSA) is 67.6 Å². The molecule has 2 rings (SSSR count). The summed E-state index contributed by atoms with van der Waals surface area (Å²) in [5.74, 6) is 1.57. The largest absolute Gasteiger partial charge is 0.496 e. The normalized spacial score (nSPS) is 13.2. The van der Waals surface area contributed by atoms with E-state index in [0.29, 0.717) is 6.42 Å². The first-order valence-corrected chi connectivity index (χ1v) is 8.43. The Kier molecular flexibility index (Phi) is 6.07. The van der Waals surface area contributed by atoms with Gasteiger partial charge < -0.3 is 19.5 Å². The Hall–Kier alpha value is -2.50. The molecule has 2 amide bonds. The molecule has 0 saturated carbocycles. The molecule has 0 fully saturated rings. The van der Waals surface area contributed by atoms with Crippen LogP contribution in [-0.2, 0) is 6.42 Å². The minimum Gasteiger partial charge on any atom is -0.496 e. The van der Waals surface area contributed by atoms with Gasteiger partial charge in [0.1, 0.15) is 11.5 Å². The van der Waals surface area contributed by atoms with Crippen LogP contribution in [0, 0.1) is 13.8 Å². The van der Waals surface area contributed by atoms with E-state index in [1.165, 1.54) is 0 Å². The fourth-order valence-electron chi connectivity index (χ4n) is 2.99. The predicted molar refractivity (Wildman–Crippen MR) is 96.8 cm³/mol. The van der Waals surface area contributed by atoms with E-state index in [2.05, 4.69) is 10.5 Å². The van der Waals surface area contributed by atoms with Crippen LogP contribution in [0.1, 0.15) is 42.5 Å². The number of likely N-dealkylation sites (N-methyl/N-ethyl adjacent to an activating group) is 1. The number of hydrogen-bond donors (Lipinski definition) is 1. The summed E-state index contributed by atoms with van der Waals surface area (Å²) >= 11 is 0. The van der Waals surface area contributed by atoms with Gasteiger partial charge in [-0.3, -0.25) is 0 Å². The van der Waals surface area contributed by atoms with E-state index in [1.807, 2.05) is 52.0 Å². The quantitative estimate of drug-likeness (QED) is 0.868. The van der Waals surface area contributed by atoms with Gasteiger partial charge in [0, 0.05) is 18.7 Å². The van der Waals surface area contributed by atoms with Crippen LogP contribution in [0.3, 0.4) is 0 Å². The number of methoxy groups -OCH3 is 1. The molecular weight excluding hydrogens is 318 g/mol. The molecule has 0 saturated heterocycles. The number of amides is 2. The van der Waals surface area contributed by atoms with Crippen molar-refractivity contribution in [3.8, 4) is 5.75 Å². The molecule has 2 atom stereocenters. The Morgan fingerprint density at radius 2 is 2.00 bits per heavy atom. The van der Waals surface area contributed by atoms with Gasteiger partial charge in [-0.1, -0.05) is 23.4 Å². The molecule has 1 heterocycles. The number of para-hydroxylation sites is 1. The lowest BCUT2D eigenvalue weighted by atomic mass is 10.1. The molecule has 6 heteroatoms. The van der Waals surface area contributed by atoms with Crippen LogP contribution in [0.2, 0.25) is 0 Å². The number of aromatic nitrogens is 1. The van der Waals surface area contributed by atoms with Crippen LogP contribution in [0.15, 0.2) is 28.8 Å². The van der Waals surface area contributed by atoms with Gasteiger partial charge in [-0.05, 0) is 45.7 Å². The van der Waals surface area contributed by atoms with Gasteiger partial charge >= 0.3 is 6.03 Å². The van der Waals surface area contributed by atoms with Crippen molar-refractivity contribution in [2.75, 3.05) is 14.2 Å².